The smallest absolute Gasteiger partial charge is 0.377 e. The van der Waals surface area contributed by atoms with Crippen LogP contribution in [0.15, 0.2) is 0 Å². The molecule has 0 aromatic carbocycles. The van der Waals surface area contributed by atoms with Crippen LogP contribution >= 0.6 is 0 Å². The molecule has 0 aromatic heterocycles. The highest BCUT2D eigenvalue weighted by Gasteiger charge is 2.32. The number of rotatable bonds is 3. The summed E-state index contributed by atoms with van der Waals surface area (Å²) in [4.78, 5) is 13.3. The van der Waals surface area contributed by atoms with E-state index in [1.807, 2.05) is 0 Å². The highest BCUT2D eigenvalue weighted by molar-refractivity contribution is 5.80. The summed E-state index contributed by atoms with van der Waals surface area (Å²) in [5.41, 5.74) is 0. The topological polar surface area (TPSA) is 38.8 Å². The average Bonchev–Trinajstić information content (AvgIpc) is 2.24. The monoisotopic (exact) mass is 255 g/mol. The molecule has 1 rings (SSSR count). The molecule has 17 heavy (non-hydrogen) atoms. The van der Waals surface area contributed by atoms with Crippen LogP contribution in [-0.4, -0.2) is 55.5 Å². The van der Waals surface area contributed by atoms with Gasteiger partial charge in [0, 0.05) is 6.54 Å². The van der Waals surface area contributed by atoms with Gasteiger partial charge in [0.1, 0.15) is 12.7 Å². The van der Waals surface area contributed by atoms with Gasteiger partial charge in [-0.1, -0.05) is 0 Å². The Morgan fingerprint density at radius 3 is 2.76 bits per heavy atom. The molecule has 100 valence electrons. The second kappa shape index (κ2) is 5.68. The minimum absolute atomic E-state index is 0.131. The van der Waals surface area contributed by atoms with Gasteiger partial charge < -0.3 is 14.4 Å². The fraction of sp³-hybridized carbons (Fsp3) is 0.900. The summed E-state index contributed by atoms with van der Waals surface area (Å²) in [5, 5.41) is 0. The average molecular weight is 255 g/mol. The zero-order chi connectivity index (χ0) is 13.1. The number of hydrogen-bond donors (Lipinski definition) is 0. The molecule has 0 aromatic rings. The Hall–Kier alpha value is -0.820. The van der Waals surface area contributed by atoms with E-state index in [-0.39, 0.29) is 6.04 Å². The first-order valence-corrected chi connectivity index (χ1v) is 5.38. The molecule has 0 aliphatic carbocycles. The predicted molar refractivity (Wildman–Crippen MR) is 53.5 cm³/mol. The number of hydrogen-bond acceptors (Lipinski definition) is 3. The van der Waals surface area contributed by atoms with E-state index in [1.165, 1.54) is 11.8 Å². The molecule has 1 aliphatic heterocycles. The Bertz CT molecular complexity index is 270. The molecule has 0 bridgehead atoms. The second-order valence-corrected chi connectivity index (χ2v) is 4.02. The molecule has 7 heteroatoms. The van der Waals surface area contributed by atoms with Crippen molar-refractivity contribution in [3.63, 3.8) is 0 Å². The van der Waals surface area contributed by atoms with Crippen LogP contribution in [0.4, 0.5) is 13.2 Å². The lowest BCUT2D eigenvalue weighted by Gasteiger charge is -2.34. The zero-order valence-corrected chi connectivity index (χ0v) is 9.79. The third kappa shape index (κ3) is 4.51. The molecule has 0 radical (unpaired) electrons. The van der Waals surface area contributed by atoms with Crippen LogP contribution < -0.4 is 0 Å². The van der Waals surface area contributed by atoms with E-state index in [0.29, 0.717) is 19.8 Å². The standard InChI is InChI=1S/C10H16F3NO3/c1-7-5-16-4-3-14(7)9(15)8(2)17-6-10(11,12)13/h7-8H,3-6H2,1-2H3. The molecule has 1 fully saturated rings. The zero-order valence-electron chi connectivity index (χ0n) is 9.79. The van der Waals surface area contributed by atoms with Crippen molar-refractivity contribution in [2.45, 2.75) is 32.2 Å². The molecule has 1 amide bonds. The fourth-order valence-corrected chi connectivity index (χ4v) is 1.58. The van der Waals surface area contributed by atoms with Gasteiger partial charge in [-0.3, -0.25) is 4.79 Å². The van der Waals surface area contributed by atoms with E-state index in [0.717, 1.165) is 0 Å². The van der Waals surface area contributed by atoms with E-state index in [1.54, 1.807) is 6.92 Å². The van der Waals surface area contributed by atoms with Gasteiger partial charge in [0.2, 0.25) is 0 Å². The quantitative estimate of drug-likeness (QED) is 0.760. The van der Waals surface area contributed by atoms with Gasteiger partial charge in [0.05, 0.1) is 19.3 Å². The Kier molecular flexibility index (Phi) is 4.76. The molecule has 1 aliphatic rings. The van der Waals surface area contributed by atoms with Crippen molar-refractivity contribution in [3.8, 4) is 0 Å². The van der Waals surface area contributed by atoms with Crippen LogP contribution in [0.2, 0.25) is 0 Å². The van der Waals surface area contributed by atoms with Crippen LogP contribution in [0.3, 0.4) is 0 Å². The van der Waals surface area contributed by atoms with E-state index in [9.17, 15) is 18.0 Å². The maximum Gasteiger partial charge on any atom is 0.411 e. The number of alkyl halides is 3. The van der Waals surface area contributed by atoms with Crippen LogP contribution in [0.1, 0.15) is 13.8 Å². The minimum Gasteiger partial charge on any atom is -0.377 e. The second-order valence-electron chi connectivity index (χ2n) is 4.02. The van der Waals surface area contributed by atoms with E-state index in [4.69, 9.17) is 4.74 Å². The Morgan fingerprint density at radius 1 is 1.59 bits per heavy atom. The number of carbonyl (C=O) groups excluding carboxylic acids is 1. The Morgan fingerprint density at radius 2 is 2.24 bits per heavy atom. The number of carbonyl (C=O) groups is 1. The first-order valence-electron chi connectivity index (χ1n) is 5.38. The number of nitrogens with zero attached hydrogens (tertiary/aromatic N) is 1. The third-order valence-electron chi connectivity index (χ3n) is 2.50. The summed E-state index contributed by atoms with van der Waals surface area (Å²) in [6.07, 6.45) is -5.50. The summed E-state index contributed by atoms with van der Waals surface area (Å²) in [6.45, 7) is 2.90. The fourth-order valence-electron chi connectivity index (χ4n) is 1.58. The SMILES string of the molecule is CC(OCC(F)(F)F)C(=O)N1CCOCC1C. The highest BCUT2D eigenvalue weighted by Crippen LogP contribution is 2.17. The molecule has 2 unspecified atom stereocenters. The van der Waals surface area contributed by atoms with Crippen molar-refractivity contribution in [1.82, 2.24) is 4.90 Å². The van der Waals surface area contributed by atoms with E-state index in [2.05, 4.69) is 4.74 Å². The third-order valence-corrected chi connectivity index (χ3v) is 2.50. The predicted octanol–water partition coefficient (Wildman–Crippen LogP) is 1.20. The first kappa shape index (κ1) is 14.2. The Labute approximate surface area is 97.7 Å². The van der Waals surface area contributed by atoms with Gasteiger partial charge in [0.15, 0.2) is 0 Å². The molecular formula is C10H16F3NO3. The van der Waals surface area contributed by atoms with Crippen molar-refractivity contribution >= 4 is 5.91 Å². The lowest BCUT2D eigenvalue weighted by atomic mass is 10.2. The molecule has 4 nitrogen and oxygen atoms in total. The molecule has 0 saturated carbocycles. The Balaban J connectivity index is 2.45. The normalized spacial score (nSPS) is 23.6. The van der Waals surface area contributed by atoms with Crippen LogP contribution in [0, 0.1) is 0 Å². The molecule has 2 atom stereocenters. The molecule has 0 spiro atoms. The maximum absolute atomic E-state index is 11.9. The number of halogens is 3. The molecule has 1 heterocycles. The van der Waals surface area contributed by atoms with Crippen molar-refractivity contribution in [2.75, 3.05) is 26.4 Å². The minimum atomic E-state index is -4.41. The van der Waals surface area contributed by atoms with Gasteiger partial charge in [-0.05, 0) is 13.8 Å². The lowest BCUT2D eigenvalue weighted by molar-refractivity contribution is -0.190. The summed E-state index contributed by atoms with van der Waals surface area (Å²) < 4.78 is 45.4. The lowest BCUT2D eigenvalue weighted by Crippen LogP contribution is -2.51. The summed E-state index contributed by atoms with van der Waals surface area (Å²) in [6, 6.07) is -0.131. The van der Waals surface area contributed by atoms with Crippen LogP contribution in [0.25, 0.3) is 0 Å². The molecule has 1 saturated heterocycles. The summed E-state index contributed by atoms with van der Waals surface area (Å²) in [7, 11) is 0. The number of morpholine rings is 1. The van der Waals surface area contributed by atoms with Crippen molar-refractivity contribution in [2.24, 2.45) is 0 Å². The number of amides is 1. The van der Waals surface area contributed by atoms with Gasteiger partial charge in [-0.2, -0.15) is 13.2 Å². The van der Waals surface area contributed by atoms with Gasteiger partial charge in [-0.25, -0.2) is 0 Å². The number of ether oxygens (including phenoxy) is 2. The molecule has 0 N–H and O–H groups in total. The van der Waals surface area contributed by atoms with Crippen molar-refractivity contribution in [1.29, 1.82) is 0 Å². The van der Waals surface area contributed by atoms with Gasteiger partial charge >= 0.3 is 6.18 Å². The largest absolute Gasteiger partial charge is 0.411 e. The summed E-state index contributed by atoms with van der Waals surface area (Å²) >= 11 is 0. The van der Waals surface area contributed by atoms with Gasteiger partial charge in [0.25, 0.3) is 5.91 Å². The van der Waals surface area contributed by atoms with E-state index < -0.39 is 24.8 Å². The van der Waals surface area contributed by atoms with E-state index >= 15 is 0 Å². The van der Waals surface area contributed by atoms with Crippen LogP contribution in [0.5, 0.6) is 0 Å². The molecular weight excluding hydrogens is 239 g/mol. The summed E-state index contributed by atoms with van der Waals surface area (Å²) in [5.74, 6) is -0.426. The highest BCUT2D eigenvalue weighted by atomic mass is 19.4. The van der Waals surface area contributed by atoms with Crippen molar-refractivity contribution in [3.05, 3.63) is 0 Å². The van der Waals surface area contributed by atoms with Crippen LogP contribution in [-0.2, 0) is 14.3 Å². The first-order chi connectivity index (χ1) is 7.81. The van der Waals surface area contributed by atoms with Gasteiger partial charge in [-0.15, -0.1) is 0 Å². The maximum atomic E-state index is 11.9. The van der Waals surface area contributed by atoms with Crippen molar-refractivity contribution < 1.29 is 27.4 Å².